The summed E-state index contributed by atoms with van der Waals surface area (Å²) in [7, 11) is 0. The molecule has 0 radical (unpaired) electrons. The molecular weight excluding hydrogens is 506 g/mol. The van der Waals surface area contributed by atoms with Crippen LogP contribution in [0.3, 0.4) is 0 Å². The summed E-state index contributed by atoms with van der Waals surface area (Å²) < 4.78 is 13.1. The molecule has 5 unspecified atom stereocenters. The molecule has 0 amide bonds. The van der Waals surface area contributed by atoms with Crippen LogP contribution in [0.1, 0.15) is 60.2 Å². The zero-order valence-corrected chi connectivity index (χ0v) is 22.1. The molecule has 5 heterocycles. The number of rotatable bonds is 4. The summed E-state index contributed by atoms with van der Waals surface area (Å²) in [5.74, 6) is 0.243. The Morgan fingerprint density at radius 2 is 1.77 bits per heavy atom. The van der Waals surface area contributed by atoms with Crippen LogP contribution in [0.4, 0.5) is 0 Å². The number of nitrogens with zero attached hydrogens (tertiary/aromatic N) is 3. The van der Waals surface area contributed by atoms with Crippen LogP contribution >= 0.6 is 0 Å². The average Bonchev–Trinajstić information content (AvgIpc) is 3.57. The molecule has 4 fully saturated rings. The Kier molecular flexibility index (Phi) is 4.43. The first kappa shape index (κ1) is 23.2. The van der Waals surface area contributed by atoms with Crippen LogP contribution in [0.15, 0.2) is 60.9 Å². The third-order valence-electron chi connectivity index (χ3n) is 11.0. The molecule has 1 aromatic carbocycles. The first-order chi connectivity index (χ1) is 19.5. The van der Waals surface area contributed by atoms with Crippen molar-refractivity contribution in [2.24, 2.45) is 11.3 Å². The fourth-order valence-electron chi connectivity index (χ4n) is 9.34. The van der Waals surface area contributed by atoms with Gasteiger partial charge in [0.2, 0.25) is 0 Å². The number of esters is 1. The molecule has 3 aliphatic carbocycles. The van der Waals surface area contributed by atoms with Crippen molar-refractivity contribution >= 4 is 5.97 Å². The summed E-state index contributed by atoms with van der Waals surface area (Å²) >= 11 is 0. The van der Waals surface area contributed by atoms with Crippen LogP contribution < -0.4 is 4.74 Å². The average molecular weight is 538 g/mol. The highest BCUT2D eigenvalue weighted by molar-refractivity contribution is 5.85. The number of carbonyl (C=O) groups excluding carboxylic acids is 1. The molecule has 9 rings (SSSR count). The van der Waals surface area contributed by atoms with Crippen LogP contribution in [0.5, 0.6) is 11.5 Å². The van der Waals surface area contributed by atoms with E-state index in [-0.39, 0.29) is 24.2 Å². The molecule has 2 saturated heterocycles. The van der Waals surface area contributed by atoms with E-state index in [9.17, 15) is 15.0 Å². The number of hydrogen-bond donors (Lipinski definition) is 2. The SMILES string of the molecule is O=C1O[C@H](c2ccccn2)[C@H](c2ccccn2)C12CC1(O)C3Cc4ccc(O)c5c4C1(CCN3CC1CC1)C2O5. The van der Waals surface area contributed by atoms with Gasteiger partial charge in [-0.05, 0) is 80.5 Å². The molecule has 2 bridgehead atoms. The molecule has 8 nitrogen and oxygen atoms in total. The number of carbonyl (C=O) groups is 1. The highest BCUT2D eigenvalue weighted by Gasteiger charge is 2.85. The lowest BCUT2D eigenvalue weighted by molar-refractivity contribution is -0.152. The largest absolute Gasteiger partial charge is 0.504 e. The van der Waals surface area contributed by atoms with Gasteiger partial charge >= 0.3 is 5.97 Å². The number of pyridine rings is 2. The van der Waals surface area contributed by atoms with E-state index in [4.69, 9.17) is 14.5 Å². The van der Waals surface area contributed by atoms with E-state index in [0.717, 1.165) is 29.9 Å². The number of aliphatic hydroxyl groups is 1. The molecular formula is C32H31N3O5. The molecule has 2 spiro atoms. The van der Waals surface area contributed by atoms with Gasteiger partial charge in [-0.2, -0.15) is 0 Å². The summed E-state index contributed by atoms with van der Waals surface area (Å²) in [4.78, 5) is 26.3. The van der Waals surface area contributed by atoms with Crippen LogP contribution in [0, 0.1) is 11.3 Å². The highest BCUT2D eigenvalue weighted by Crippen LogP contribution is 2.76. The van der Waals surface area contributed by atoms with Crippen LogP contribution in [0.25, 0.3) is 0 Å². The van der Waals surface area contributed by atoms with Gasteiger partial charge in [0.1, 0.15) is 11.5 Å². The van der Waals surface area contributed by atoms with Crippen LogP contribution in [0.2, 0.25) is 0 Å². The van der Waals surface area contributed by atoms with Gasteiger partial charge in [0.05, 0.1) is 22.6 Å². The molecule has 2 N–H and O–H groups in total. The van der Waals surface area contributed by atoms with Crippen molar-refractivity contribution < 1.29 is 24.5 Å². The van der Waals surface area contributed by atoms with Gasteiger partial charge in [-0.3, -0.25) is 19.7 Å². The first-order valence-electron chi connectivity index (χ1n) is 14.5. The number of fused-ring (bicyclic) bond motifs is 1. The number of aromatic hydroxyl groups is 1. The van der Waals surface area contributed by atoms with Crippen molar-refractivity contribution in [3.63, 3.8) is 0 Å². The van der Waals surface area contributed by atoms with Crippen molar-refractivity contribution in [3.05, 3.63) is 83.4 Å². The lowest BCUT2D eigenvalue weighted by Gasteiger charge is -2.58. The fourth-order valence-corrected chi connectivity index (χ4v) is 9.34. The zero-order chi connectivity index (χ0) is 26.9. The van der Waals surface area contributed by atoms with Crippen molar-refractivity contribution in [3.8, 4) is 11.5 Å². The third-order valence-corrected chi connectivity index (χ3v) is 11.0. The second-order valence-electron chi connectivity index (χ2n) is 12.8. The Labute approximate surface area is 232 Å². The maximum absolute atomic E-state index is 14.5. The topological polar surface area (TPSA) is 105 Å². The molecule has 3 aromatic rings. The van der Waals surface area contributed by atoms with E-state index in [1.165, 1.54) is 12.8 Å². The van der Waals surface area contributed by atoms with Crippen molar-refractivity contribution in [1.29, 1.82) is 0 Å². The van der Waals surface area contributed by atoms with E-state index in [1.807, 2.05) is 42.5 Å². The van der Waals surface area contributed by atoms with Gasteiger partial charge in [-0.1, -0.05) is 18.2 Å². The van der Waals surface area contributed by atoms with Gasteiger partial charge in [-0.15, -0.1) is 0 Å². The second kappa shape index (κ2) is 7.62. The fraction of sp³-hybridized carbons (Fsp3) is 0.469. The number of benzene rings is 1. The number of cyclic esters (lactones) is 1. The summed E-state index contributed by atoms with van der Waals surface area (Å²) in [6.07, 6.45) is 6.06. The molecule has 3 aliphatic heterocycles. The van der Waals surface area contributed by atoms with E-state index in [1.54, 1.807) is 18.5 Å². The molecule has 8 heteroatoms. The maximum atomic E-state index is 14.5. The lowest BCUT2D eigenvalue weighted by atomic mass is 9.55. The van der Waals surface area contributed by atoms with Crippen molar-refractivity contribution in [1.82, 2.24) is 14.9 Å². The first-order valence-corrected chi connectivity index (χ1v) is 14.5. The number of aromatic nitrogens is 2. The minimum absolute atomic E-state index is 0.0564. The van der Waals surface area contributed by atoms with Gasteiger partial charge in [-0.25, -0.2) is 0 Å². The Balaban J connectivity index is 1.29. The summed E-state index contributed by atoms with van der Waals surface area (Å²) in [5.41, 5.74) is 0.0900. The smallest absolute Gasteiger partial charge is 0.317 e. The summed E-state index contributed by atoms with van der Waals surface area (Å²) in [5, 5.41) is 24.2. The Bertz CT molecular complexity index is 1550. The van der Waals surface area contributed by atoms with Gasteiger partial charge in [0.15, 0.2) is 17.6 Å². The highest BCUT2D eigenvalue weighted by atomic mass is 16.6. The standard InChI is InChI=1S/C32H31N3O5/c36-22-10-9-19-15-23-32(38)17-30(28-31(32,24(19)27(22)39-28)11-14-35(23)16-18-7-8-18)25(20-5-1-3-12-33-20)26(40-29(30)37)21-6-2-4-13-34-21/h1-6,9-10,12-13,18,23,25-26,28,36,38H,7-8,11,14-17H2/t23?,25-,26+,28?,30?,31?,32?/m0/s1. The van der Waals surface area contributed by atoms with Crippen molar-refractivity contribution in [2.45, 2.75) is 67.3 Å². The monoisotopic (exact) mass is 537 g/mol. The van der Waals surface area contributed by atoms with Gasteiger partial charge in [0.25, 0.3) is 0 Å². The normalized spacial score (nSPS) is 38.8. The molecule has 2 aromatic heterocycles. The predicted octanol–water partition coefficient (Wildman–Crippen LogP) is 3.42. The molecule has 40 heavy (non-hydrogen) atoms. The molecule has 7 atom stereocenters. The van der Waals surface area contributed by atoms with Gasteiger partial charge in [0, 0.05) is 36.2 Å². The second-order valence-corrected chi connectivity index (χ2v) is 12.8. The van der Waals surface area contributed by atoms with Crippen molar-refractivity contribution in [2.75, 3.05) is 13.1 Å². The maximum Gasteiger partial charge on any atom is 0.317 e. The van der Waals surface area contributed by atoms with E-state index < -0.39 is 34.6 Å². The summed E-state index contributed by atoms with van der Waals surface area (Å²) in [6.45, 7) is 1.79. The molecule has 6 aliphatic rings. The zero-order valence-electron chi connectivity index (χ0n) is 22.1. The van der Waals surface area contributed by atoms with E-state index >= 15 is 0 Å². The number of ether oxygens (including phenoxy) is 2. The van der Waals surface area contributed by atoms with E-state index in [2.05, 4.69) is 9.88 Å². The van der Waals surface area contributed by atoms with Crippen LogP contribution in [-0.2, 0) is 21.4 Å². The summed E-state index contributed by atoms with van der Waals surface area (Å²) in [6, 6.07) is 14.9. The minimum Gasteiger partial charge on any atom is -0.504 e. The van der Waals surface area contributed by atoms with Crippen LogP contribution in [-0.4, -0.2) is 61.9 Å². The Hall–Kier alpha value is -3.49. The quantitative estimate of drug-likeness (QED) is 0.488. The number of phenolic OH excluding ortho intramolecular Hbond substituents is 1. The number of piperidine rings is 1. The Morgan fingerprint density at radius 3 is 2.50 bits per heavy atom. The predicted molar refractivity (Wildman–Crippen MR) is 143 cm³/mol. The van der Waals surface area contributed by atoms with Gasteiger partial charge < -0.3 is 19.7 Å². The number of hydrogen-bond acceptors (Lipinski definition) is 8. The number of likely N-dealkylation sites (tertiary alicyclic amines) is 1. The molecule has 204 valence electrons. The Morgan fingerprint density at radius 1 is 1.00 bits per heavy atom. The van der Waals surface area contributed by atoms with E-state index in [0.29, 0.717) is 30.2 Å². The number of phenols is 1. The lowest BCUT2D eigenvalue weighted by Crippen LogP contribution is -2.70. The third kappa shape index (κ3) is 2.62. The molecule has 2 saturated carbocycles. The minimum atomic E-state index is -1.23.